The van der Waals surface area contributed by atoms with Gasteiger partial charge in [-0.25, -0.2) is 18.0 Å². The van der Waals surface area contributed by atoms with Crippen LogP contribution in [-0.2, 0) is 4.79 Å². The molecule has 0 aromatic heterocycles. The van der Waals surface area contributed by atoms with E-state index in [1.807, 2.05) is 0 Å². The molecule has 1 amide bonds. The van der Waals surface area contributed by atoms with Crippen LogP contribution in [0, 0.1) is 17.5 Å². The normalized spacial score (nSPS) is 14.4. The first kappa shape index (κ1) is 16.8. The third-order valence-corrected chi connectivity index (χ3v) is 2.60. The van der Waals surface area contributed by atoms with Crippen LogP contribution >= 0.6 is 0 Å². The van der Waals surface area contributed by atoms with Crippen LogP contribution in [0.2, 0.25) is 0 Å². The maximum absolute atomic E-state index is 12.9. The van der Waals surface area contributed by atoms with Gasteiger partial charge in [0, 0.05) is 5.56 Å². The number of amides is 1. The summed E-state index contributed by atoms with van der Waals surface area (Å²) in [6, 6.07) is 0.290. The molecule has 1 unspecified atom stereocenters. The van der Waals surface area contributed by atoms with Gasteiger partial charge in [0.15, 0.2) is 17.5 Å². The summed E-state index contributed by atoms with van der Waals surface area (Å²) in [5.74, 6) is -9.67. The van der Waals surface area contributed by atoms with Crippen molar-refractivity contribution >= 4 is 11.9 Å². The first-order valence-corrected chi connectivity index (χ1v) is 5.17. The molecule has 0 spiro atoms. The number of hydrogen-bond donors (Lipinski definition) is 2. The number of nitrogens with one attached hydrogen (secondary N) is 1. The minimum atomic E-state index is -5.37. The summed E-state index contributed by atoms with van der Waals surface area (Å²) in [6.45, 7) is 0.156. The lowest BCUT2D eigenvalue weighted by Gasteiger charge is -2.28. The van der Waals surface area contributed by atoms with Gasteiger partial charge in [-0.15, -0.1) is 0 Å². The molecule has 0 saturated carbocycles. The summed E-state index contributed by atoms with van der Waals surface area (Å²) in [4.78, 5) is 22.2. The van der Waals surface area contributed by atoms with Crippen molar-refractivity contribution in [1.82, 2.24) is 5.32 Å². The van der Waals surface area contributed by atoms with Crippen molar-refractivity contribution in [3.05, 3.63) is 35.1 Å². The highest BCUT2D eigenvalue weighted by atomic mass is 19.4. The molecule has 0 fully saturated rings. The number of carbonyl (C=O) groups excluding carboxylic acids is 1. The van der Waals surface area contributed by atoms with Gasteiger partial charge in [-0.1, -0.05) is 0 Å². The Morgan fingerprint density at radius 2 is 1.52 bits per heavy atom. The van der Waals surface area contributed by atoms with Crippen LogP contribution in [0.1, 0.15) is 17.3 Å². The van der Waals surface area contributed by atoms with Gasteiger partial charge in [-0.05, 0) is 19.1 Å². The summed E-state index contributed by atoms with van der Waals surface area (Å²) in [6.07, 6.45) is -5.37. The van der Waals surface area contributed by atoms with Crippen LogP contribution in [0.4, 0.5) is 26.3 Å². The van der Waals surface area contributed by atoms with Crippen LogP contribution in [0.5, 0.6) is 0 Å². The number of aliphatic carboxylic acids is 1. The van der Waals surface area contributed by atoms with E-state index in [-0.39, 0.29) is 19.1 Å². The van der Waals surface area contributed by atoms with Gasteiger partial charge in [0.1, 0.15) is 0 Å². The zero-order valence-electron chi connectivity index (χ0n) is 10.2. The number of carboxylic acids is 1. The highest BCUT2D eigenvalue weighted by Gasteiger charge is 2.58. The average molecular weight is 315 g/mol. The minimum absolute atomic E-state index is 0.145. The second-order valence-electron chi connectivity index (χ2n) is 4.14. The van der Waals surface area contributed by atoms with Crippen LogP contribution in [-0.4, -0.2) is 28.7 Å². The van der Waals surface area contributed by atoms with E-state index in [9.17, 15) is 35.9 Å². The fraction of sp³-hybridized carbons (Fsp3) is 0.273. The largest absolute Gasteiger partial charge is 0.479 e. The second-order valence-corrected chi connectivity index (χ2v) is 4.14. The molecule has 0 saturated heterocycles. The fourth-order valence-electron chi connectivity index (χ4n) is 1.23. The lowest BCUT2D eigenvalue weighted by atomic mass is 10.0. The summed E-state index contributed by atoms with van der Waals surface area (Å²) in [7, 11) is 0. The number of rotatable bonds is 3. The predicted octanol–water partition coefficient (Wildman–Crippen LogP) is 2.24. The number of alkyl halides is 3. The number of benzene rings is 1. The van der Waals surface area contributed by atoms with Gasteiger partial charge in [-0.2, -0.15) is 13.2 Å². The summed E-state index contributed by atoms with van der Waals surface area (Å²) in [5, 5.41) is 9.68. The standard InChI is InChI=1S/C11H7F6NO3/c1-10(9(20)21,11(15,16)17)18-8(19)4-2-5(12)7(14)6(13)3-4/h2-3H,1H3,(H,18,19)(H,20,21). The minimum Gasteiger partial charge on any atom is -0.479 e. The number of halogens is 6. The Labute approximate surface area is 113 Å². The van der Waals surface area contributed by atoms with Gasteiger partial charge in [0.05, 0.1) is 0 Å². The smallest absolute Gasteiger partial charge is 0.422 e. The van der Waals surface area contributed by atoms with Crippen LogP contribution in [0.3, 0.4) is 0 Å². The summed E-state index contributed by atoms with van der Waals surface area (Å²) < 4.78 is 76.4. The Hall–Kier alpha value is -2.26. The quantitative estimate of drug-likeness (QED) is 0.664. The van der Waals surface area contributed by atoms with Crippen molar-refractivity contribution in [2.75, 3.05) is 0 Å². The Balaban J connectivity index is 3.18. The number of carboxylic acid groups (broad SMARTS) is 1. The first-order chi connectivity index (χ1) is 9.40. The molecule has 1 aromatic carbocycles. The first-order valence-electron chi connectivity index (χ1n) is 5.17. The topological polar surface area (TPSA) is 66.4 Å². The molecule has 0 heterocycles. The lowest BCUT2D eigenvalue weighted by molar-refractivity contribution is -0.203. The van der Waals surface area contributed by atoms with E-state index in [2.05, 4.69) is 0 Å². The van der Waals surface area contributed by atoms with Gasteiger partial charge in [-0.3, -0.25) is 4.79 Å². The van der Waals surface area contributed by atoms with E-state index in [0.717, 1.165) is 5.32 Å². The molecule has 0 bridgehead atoms. The molecule has 1 rings (SSSR count). The molecular weight excluding hydrogens is 308 g/mol. The van der Waals surface area contributed by atoms with Gasteiger partial charge in [0.25, 0.3) is 5.91 Å². The van der Waals surface area contributed by atoms with Gasteiger partial charge >= 0.3 is 12.1 Å². The van der Waals surface area contributed by atoms with Crippen molar-refractivity contribution in [2.45, 2.75) is 18.6 Å². The van der Waals surface area contributed by atoms with E-state index in [4.69, 9.17) is 5.11 Å². The monoisotopic (exact) mass is 315 g/mol. The Bertz CT molecular complexity index is 577. The van der Waals surface area contributed by atoms with Crippen molar-refractivity contribution in [1.29, 1.82) is 0 Å². The van der Waals surface area contributed by atoms with Gasteiger partial charge in [0.2, 0.25) is 5.54 Å². The Morgan fingerprint density at radius 1 is 1.10 bits per heavy atom. The van der Waals surface area contributed by atoms with E-state index in [1.54, 1.807) is 0 Å². The highest BCUT2D eigenvalue weighted by Crippen LogP contribution is 2.30. The Kier molecular flexibility index (Phi) is 4.21. The molecule has 0 radical (unpaired) electrons. The molecule has 116 valence electrons. The molecule has 10 heteroatoms. The van der Waals surface area contributed by atoms with Crippen molar-refractivity contribution in [3.63, 3.8) is 0 Å². The van der Waals surface area contributed by atoms with Crippen molar-refractivity contribution < 1.29 is 41.0 Å². The van der Waals surface area contributed by atoms with Crippen molar-refractivity contribution in [3.8, 4) is 0 Å². The third-order valence-electron chi connectivity index (χ3n) is 2.60. The molecule has 21 heavy (non-hydrogen) atoms. The molecule has 2 N–H and O–H groups in total. The molecule has 1 atom stereocenters. The van der Waals surface area contributed by atoms with E-state index < -0.39 is 46.6 Å². The van der Waals surface area contributed by atoms with Gasteiger partial charge < -0.3 is 10.4 Å². The highest BCUT2D eigenvalue weighted by molar-refractivity contribution is 5.98. The zero-order chi connectivity index (χ0) is 16.6. The fourth-order valence-corrected chi connectivity index (χ4v) is 1.23. The maximum Gasteiger partial charge on any atom is 0.422 e. The van der Waals surface area contributed by atoms with Crippen LogP contribution < -0.4 is 5.32 Å². The SMILES string of the molecule is CC(NC(=O)c1cc(F)c(F)c(F)c1)(C(=O)O)C(F)(F)F. The number of carbonyl (C=O) groups is 2. The average Bonchev–Trinajstić information content (AvgIpc) is 2.33. The molecule has 4 nitrogen and oxygen atoms in total. The molecular formula is C11H7F6NO3. The van der Waals surface area contributed by atoms with E-state index in [0.29, 0.717) is 0 Å². The molecule has 0 aliphatic rings. The van der Waals surface area contributed by atoms with E-state index >= 15 is 0 Å². The third kappa shape index (κ3) is 3.09. The lowest BCUT2D eigenvalue weighted by Crippen LogP contribution is -2.61. The van der Waals surface area contributed by atoms with Crippen molar-refractivity contribution in [2.24, 2.45) is 0 Å². The Morgan fingerprint density at radius 3 is 1.86 bits per heavy atom. The van der Waals surface area contributed by atoms with Crippen LogP contribution in [0.25, 0.3) is 0 Å². The summed E-state index contributed by atoms with van der Waals surface area (Å²) >= 11 is 0. The molecule has 0 aliphatic carbocycles. The predicted molar refractivity (Wildman–Crippen MR) is 55.9 cm³/mol. The second kappa shape index (κ2) is 5.26. The molecule has 0 aliphatic heterocycles. The zero-order valence-corrected chi connectivity index (χ0v) is 10.2. The van der Waals surface area contributed by atoms with E-state index in [1.165, 1.54) is 0 Å². The maximum atomic E-state index is 12.9. The number of hydrogen-bond acceptors (Lipinski definition) is 2. The van der Waals surface area contributed by atoms with Crippen LogP contribution in [0.15, 0.2) is 12.1 Å². The molecule has 1 aromatic rings. The summed E-state index contributed by atoms with van der Waals surface area (Å²) in [5.41, 5.74) is -4.67.